The Labute approximate surface area is 227 Å². The SMILES string of the molecule is Cc1c(C(C)(C)c2ccc(NC(=O)c3ccccc3)c(Cl)c2C)ccc(NC(=O)c2ccccc2)c1Cl. The first-order valence-electron chi connectivity index (χ1n) is 11.9. The van der Waals surface area contributed by atoms with Gasteiger partial charge in [0.05, 0.1) is 21.4 Å². The quantitative estimate of drug-likeness (QED) is 0.262. The van der Waals surface area contributed by atoms with Gasteiger partial charge >= 0.3 is 0 Å². The monoisotopic (exact) mass is 530 g/mol. The maximum atomic E-state index is 12.6. The van der Waals surface area contributed by atoms with E-state index in [-0.39, 0.29) is 11.8 Å². The largest absolute Gasteiger partial charge is 0.321 e. The average Bonchev–Trinajstić information content (AvgIpc) is 2.90. The number of rotatable bonds is 6. The van der Waals surface area contributed by atoms with Gasteiger partial charge in [-0.3, -0.25) is 9.59 Å². The summed E-state index contributed by atoms with van der Waals surface area (Å²) in [5.41, 5.74) is 5.54. The highest BCUT2D eigenvalue weighted by Gasteiger charge is 2.29. The number of nitrogens with one attached hydrogen (secondary N) is 2. The third-order valence-corrected chi connectivity index (χ3v) is 7.66. The predicted molar refractivity (Wildman–Crippen MR) is 153 cm³/mol. The zero-order valence-electron chi connectivity index (χ0n) is 21.2. The van der Waals surface area contributed by atoms with Gasteiger partial charge in [0.2, 0.25) is 0 Å². The van der Waals surface area contributed by atoms with Gasteiger partial charge in [-0.25, -0.2) is 0 Å². The molecule has 0 saturated heterocycles. The maximum Gasteiger partial charge on any atom is 0.255 e. The molecule has 4 aromatic rings. The van der Waals surface area contributed by atoms with Gasteiger partial charge in [0.15, 0.2) is 0 Å². The lowest BCUT2D eigenvalue weighted by atomic mass is 9.74. The Morgan fingerprint density at radius 3 is 1.30 bits per heavy atom. The van der Waals surface area contributed by atoms with Crippen LogP contribution in [0.5, 0.6) is 0 Å². The molecule has 0 radical (unpaired) electrons. The van der Waals surface area contributed by atoms with Crippen LogP contribution < -0.4 is 10.6 Å². The molecule has 0 fully saturated rings. The lowest BCUT2D eigenvalue weighted by molar-refractivity contribution is 0.101. The third kappa shape index (κ3) is 5.41. The first-order valence-corrected chi connectivity index (χ1v) is 12.7. The predicted octanol–water partition coefficient (Wildman–Crippen LogP) is 8.44. The summed E-state index contributed by atoms with van der Waals surface area (Å²) in [5, 5.41) is 6.81. The fourth-order valence-corrected chi connectivity index (χ4v) is 5.05. The molecule has 4 rings (SSSR count). The number of benzene rings is 4. The molecule has 0 spiro atoms. The highest BCUT2D eigenvalue weighted by atomic mass is 35.5. The van der Waals surface area contributed by atoms with E-state index in [0.29, 0.717) is 32.5 Å². The second kappa shape index (κ2) is 10.8. The average molecular weight is 531 g/mol. The Bertz CT molecular complexity index is 1360. The van der Waals surface area contributed by atoms with Gasteiger partial charge in [-0.15, -0.1) is 0 Å². The van der Waals surface area contributed by atoms with Crippen LogP contribution in [0.3, 0.4) is 0 Å². The second-order valence-corrected chi connectivity index (χ2v) is 10.2. The minimum absolute atomic E-state index is 0.218. The molecule has 6 heteroatoms. The fraction of sp³-hybridized carbons (Fsp3) is 0.161. The van der Waals surface area contributed by atoms with E-state index in [1.807, 2.05) is 74.5 Å². The molecule has 2 N–H and O–H groups in total. The van der Waals surface area contributed by atoms with Gasteiger partial charge in [-0.1, -0.05) is 85.6 Å². The van der Waals surface area contributed by atoms with Crippen LogP contribution in [0.25, 0.3) is 0 Å². The fourth-order valence-electron chi connectivity index (χ4n) is 4.63. The molecule has 37 heavy (non-hydrogen) atoms. The molecule has 0 aliphatic rings. The molecule has 4 aromatic carbocycles. The molecule has 2 amide bonds. The molecule has 0 saturated carbocycles. The molecule has 4 nitrogen and oxygen atoms in total. The van der Waals surface area contributed by atoms with Gasteiger partial charge < -0.3 is 10.6 Å². The Balaban J connectivity index is 1.62. The molecular weight excluding hydrogens is 503 g/mol. The Hall–Kier alpha value is -3.60. The van der Waals surface area contributed by atoms with Crippen molar-refractivity contribution in [2.75, 3.05) is 10.6 Å². The zero-order valence-corrected chi connectivity index (χ0v) is 22.7. The van der Waals surface area contributed by atoms with Gasteiger partial charge in [0, 0.05) is 16.5 Å². The van der Waals surface area contributed by atoms with Crippen molar-refractivity contribution in [2.24, 2.45) is 0 Å². The minimum Gasteiger partial charge on any atom is -0.321 e. The summed E-state index contributed by atoms with van der Waals surface area (Å²) in [7, 11) is 0. The van der Waals surface area contributed by atoms with Crippen LogP contribution in [-0.4, -0.2) is 11.8 Å². The molecule has 0 aromatic heterocycles. The van der Waals surface area contributed by atoms with Crippen molar-refractivity contribution >= 4 is 46.4 Å². The van der Waals surface area contributed by atoms with E-state index < -0.39 is 5.41 Å². The van der Waals surface area contributed by atoms with Gasteiger partial charge in [0.1, 0.15) is 0 Å². The van der Waals surface area contributed by atoms with Crippen LogP contribution >= 0.6 is 23.2 Å². The molecule has 0 bridgehead atoms. The van der Waals surface area contributed by atoms with Crippen molar-refractivity contribution in [1.82, 2.24) is 0 Å². The Morgan fingerprint density at radius 2 is 0.946 bits per heavy atom. The summed E-state index contributed by atoms with van der Waals surface area (Å²) < 4.78 is 0. The highest BCUT2D eigenvalue weighted by Crippen LogP contribution is 2.42. The lowest BCUT2D eigenvalue weighted by Gasteiger charge is -2.31. The van der Waals surface area contributed by atoms with Crippen LogP contribution in [0.4, 0.5) is 11.4 Å². The third-order valence-electron chi connectivity index (χ3n) is 6.69. The maximum absolute atomic E-state index is 12.6. The number of anilines is 2. The number of halogens is 2. The summed E-state index contributed by atoms with van der Waals surface area (Å²) in [5.74, 6) is -0.436. The number of carbonyl (C=O) groups excluding carboxylic acids is 2. The standard InChI is InChI=1S/C31H28Cl2N2O2/c1-19-23(15-17-25(27(19)32)34-29(36)21-11-7-5-8-12-21)31(3,4)24-16-18-26(28(33)20(24)2)35-30(37)22-13-9-6-10-14-22/h5-18H,1-4H3,(H,34,36)(H,35,37). The molecule has 0 aliphatic carbocycles. The number of hydrogen-bond donors (Lipinski definition) is 2. The second-order valence-electron chi connectivity index (χ2n) is 9.46. The smallest absolute Gasteiger partial charge is 0.255 e. The highest BCUT2D eigenvalue weighted by molar-refractivity contribution is 6.35. The van der Waals surface area contributed by atoms with E-state index in [1.165, 1.54) is 0 Å². The molecular formula is C31H28Cl2N2O2. The summed E-state index contributed by atoms with van der Waals surface area (Å²) in [4.78, 5) is 25.3. The topological polar surface area (TPSA) is 58.2 Å². The summed E-state index contributed by atoms with van der Waals surface area (Å²) in [6, 6.07) is 25.7. The minimum atomic E-state index is -0.453. The van der Waals surface area contributed by atoms with Crippen LogP contribution in [0.2, 0.25) is 10.0 Å². The zero-order chi connectivity index (χ0) is 26.7. The van der Waals surface area contributed by atoms with Crippen molar-refractivity contribution in [2.45, 2.75) is 33.1 Å². The van der Waals surface area contributed by atoms with Crippen LogP contribution in [-0.2, 0) is 5.41 Å². The van der Waals surface area contributed by atoms with E-state index in [2.05, 4.69) is 24.5 Å². The first-order chi connectivity index (χ1) is 17.6. The molecule has 0 heterocycles. The van der Waals surface area contributed by atoms with Crippen molar-refractivity contribution in [3.8, 4) is 0 Å². The molecule has 0 atom stereocenters. The first kappa shape index (κ1) is 26.5. The van der Waals surface area contributed by atoms with Crippen LogP contribution in [0.15, 0.2) is 84.9 Å². The number of hydrogen-bond acceptors (Lipinski definition) is 2. The van der Waals surface area contributed by atoms with Crippen molar-refractivity contribution in [3.63, 3.8) is 0 Å². The molecule has 0 aliphatic heterocycles. The summed E-state index contributed by atoms with van der Waals surface area (Å²) in [6.07, 6.45) is 0. The molecule has 188 valence electrons. The van der Waals surface area contributed by atoms with Gasteiger partial charge in [-0.05, 0) is 72.5 Å². The lowest BCUT2D eigenvalue weighted by Crippen LogP contribution is -2.23. The van der Waals surface area contributed by atoms with Crippen LogP contribution in [0, 0.1) is 13.8 Å². The van der Waals surface area contributed by atoms with E-state index in [9.17, 15) is 9.59 Å². The van der Waals surface area contributed by atoms with Crippen molar-refractivity contribution in [3.05, 3.63) is 128 Å². The van der Waals surface area contributed by atoms with E-state index in [4.69, 9.17) is 23.2 Å². The Morgan fingerprint density at radius 1 is 0.595 bits per heavy atom. The van der Waals surface area contributed by atoms with E-state index in [0.717, 1.165) is 22.3 Å². The van der Waals surface area contributed by atoms with Crippen molar-refractivity contribution in [1.29, 1.82) is 0 Å². The van der Waals surface area contributed by atoms with Gasteiger partial charge in [0.25, 0.3) is 11.8 Å². The van der Waals surface area contributed by atoms with E-state index >= 15 is 0 Å². The van der Waals surface area contributed by atoms with Crippen molar-refractivity contribution < 1.29 is 9.59 Å². The number of amides is 2. The normalized spacial score (nSPS) is 11.2. The summed E-state index contributed by atoms with van der Waals surface area (Å²) in [6.45, 7) is 8.11. The van der Waals surface area contributed by atoms with Gasteiger partial charge in [-0.2, -0.15) is 0 Å². The number of carbonyl (C=O) groups is 2. The van der Waals surface area contributed by atoms with Crippen LogP contribution in [0.1, 0.15) is 56.8 Å². The Kier molecular flexibility index (Phi) is 7.72. The molecule has 0 unspecified atom stereocenters. The summed E-state index contributed by atoms with van der Waals surface area (Å²) >= 11 is 13.5. The van der Waals surface area contributed by atoms with E-state index in [1.54, 1.807) is 24.3 Å².